The zero-order valence-electron chi connectivity index (χ0n) is 16.5. The van der Waals surface area contributed by atoms with Gasteiger partial charge in [-0.15, -0.1) is 0 Å². The molecule has 0 bridgehead atoms. The largest absolute Gasteiger partial charge is 0.418 e. The Morgan fingerprint density at radius 3 is 2.65 bits per heavy atom. The minimum absolute atomic E-state index is 0.0966. The Morgan fingerprint density at radius 1 is 1.29 bits per heavy atom. The van der Waals surface area contributed by atoms with Crippen LogP contribution in [0.1, 0.15) is 11.3 Å². The SMILES string of the molecule is COCc1cc(=O)n(CC(=O)Nc2ccc(Cl)cc2C(F)(F)F)c(N2CCOCC2)n1. The molecule has 1 amide bonds. The molecule has 8 nitrogen and oxygen atoms in total. The standard InChI is InChI=1S/C19H20ClF3N4O4/c1-30-11-13-9-17(29)27(18(24-13)26-4-6-31-7-5-26)10-16(28)25-15-3-2-12(20)8-14(15)19(21,22)23/h2-3,8-9H,4-7,10-11H2,1H3,(H,25,28). The van der Waals surface area contributed by atoms with E-state index in [0.717, 1.165) is 16.7 Å². The van der Waals surface area contributed by atoms with Crippen molar-refractivity contribution in [2.45, 2.75) is 19.3 Å². The summed E-state index contributed by atoms with van der Waals surface area (Å²) in [5.41, 5.74) is -1.68. The molecule has 1 aromatic carbocycles. The highest BCUT2D eigenvalue weighted by Crippen LogP contribution is 2.36. The summed E-state index contributed by atoms with van der Waals surface area (Å²) in [4.78, 5) is 31.4. The monoisotopic (exact) mass is 460 g/mol. The third kappa shape index (κ3) is 5.75. The maximum atomic E-state index is 13.3. The highest BCUT2D eigenvalue weighted by Gasteiger charge is 2.34. The number of hydrogen-bond acceptors (Lipinski definition) is 6. The Balaban J connectivity index is 1.90. The summed E-state index contributed by atoms with van der Waals surface area (Å²) in [6.07, 6.45) is -4.72. The zero-order chi connectivity index (χ0) is 22.6. The summed E-state index contributed by atoms with van der Waals surface area (Å²) in [6, 6.07) is 4.25. The number of amides is 1. The van der Waals surface area contributed by atoms with Gasteiger partial charge in [-0.3, -0.25) is 14.2 Å². The van der Waals surface area contributed by atoms with Gasteiger partial charge in [0.25, 0.3) is 5.56 Å². The highest BCUT2D eigenvalue weighted by atomic mass is 35.5. The minimum atomic E-state index is -4.72. The van der Waals surface area contributed by atoms with Crippen molar-refractivity contribution >= 4 is 29.1 Å². The number of nitrogens with one attached hydrogen (secondary N) is 1. The first-order valence-corrected chi connectivity index (χ1v) is 9.66. The lowest BCUT2D eigenvalue weighted by Crippen LogP contribution is -2.42. The number of rotatable bonds is 6. The fourth-order valence-electron chi connectivity index (χ4n) is 3.11. The third-order valence-electron chi connectivity index (χ3n) is 4.49. The van der Waals surface area contributed by atoms with Crippen LogP contribution in [0.2, 0.25) is 5.02 Å². The lowest BCUT2D eigenvalue weighted by Gasteiger charge is -2.29. The molecule has 1 aliphatic rings. The van der Waals surface area contributed by atoms with Crippen LogP contribution in [0.3, 0.4) is 0 Å². The molecular formula is C19H20ClF3N4O4. The van der Waals surface area contributed by atoms with E-state index in [2.05, 4.69) is 10.3 Å². The second-order valence-electron chi connectivity index (χ2n) is 6.74. The summed E-state index contributed by atoms with van der Waals surface area (Å²) in [6.45, 7) is 1.29. The molecule has 12 heteroatoms. The van der Waals surface area contributed by atoms with Crippen molar-refractivity contribution in [1.29, 1.82) is 0 Å². The average Bonchev–Trinajstić information content (AvgIpc) is 2.71. The molecule has 1 aromatic heterocycles. The number of carbonyl (C=O) groups excluding carboxylic acids is 1. The molecule has 0 atom stereocenters. The molecule has 0 aliphatic carbocycles. The Hall–Kier alpha value is -2.63. The fourth-order valence-corrected chi connectivity index (χ4v) is 3.28. The van der Waals surface area contributed by atoms with Gasteiger partial charge in [0.2, 0.25) is 11.9 Å². The van der Waals surface area contributed by atoms with Gasteiger partial charge in [-0.05, 0) is 18.2 Å². The van der Waals surface area contributed by atoms with E-state index in [0.29, 0.717) is 32.0 Å². The van der Waals surface area contributed by atoms with E-state index >= 15 is 0 Å². The highest BCUT2D eigenvalue weighted by molar-refractivity contribution is 6.30. The number of aromatic nitrogens is 2. The van der Waals surface area contributed by atoms with Crippen molar-refractivity contribution in [3.8, 4) is 0 Å². The Morgan fingerprint density at radius 2 is 2.00 bits per heavy atom. The second kappa shape index (κ2) is 9.67. The summed E-state index contributed by atoms with van der Waals surface area (Å²) in [5.74, 6) is -0.587. The van der Waals surface area contributed by atoms with Gasteiger partial charge in [0.05, 0.1) is 36.8 Å². The summed E-state index contributed by atoms with van der Waals surface area (Å²) < 4.78 is 51.3. The maximum absolute atomic E-state index is 13.3. The molecule has 1 aliphatic heterocycles. The predicted molar refractivity (Wildman–Crippen MR) is 107 cm³/mol. The number of nitrogens with zero attached hydrogens (tertiary/aromatic N) is 3. The van der Waals surface area contributed by atoms with E-state index < -0.39 is 35.4 Å². The summed E-state index contributed by atoms with van der Waals surface area (Å²) in [5, 5.41) is 2.10. The van der Waals surface area contributed by atoms with Crippen molar-refractivity contribution in [3.05, 3.63) is 50.9 Å². The first kappa shape index (κ1) is 23.0. The molecule has 1 saturated heterocycles. The number of morpholine rings is 1. The number of halogens is 4. The van der Waals surface area contributed by atoms with Crippen LogP contribution in [-0.2, 0) is 33.6 Å². The topological polar surface area (TPSA) is 85.7 Å². The molecule has 31 heavy (non-hydrogen) atoms. The molecular weight excluding hydrogens is 441 g/mol. The van der Waals surface area contributed by atoms with Crippen LogP contribution >= 0.6 is 11.6 Å². The van der Waals surface area contributed by atoms with Gasteiger partial charge in [-0.25, -0.2) is 4.98 Å². The van der Waals surface area contributed by atoms with Crippen molar-refractivity contribution in [1.82, 2.24) is 9.55 Å². The quantitative estimate of drug-likeness (QED) is 0.713. The fraction of sp³-hybridized carbons (Fsp3) is 0.421. The Kier molecular flexibility index (Phi) is 7.19. The van der Waals surface area contributed by atoms with E-state index in [1.807, 2.05) is 0 Å². The van der Waals surface area contributed by atoms with Gasteiger partial charge >= 0.3 is 6.18 Å². The van der Waals surface area contributed by atoms with Crippen LogP contribution in [0.15, 0.2) is 29.1 Å². The first-order valence-electron chi connectivity index (χ1n) is 9.28. The zero-order valence-corrected chi connectivity index (χ0v) is 17.3. The van der Waals surface area contributed by atoms with E-state index in [-0.39, 0.29) is 17.6 Å². The van der Waals surface area contributed by atoms with E-state index in [1.165, 1.54) is 19.2 Å². The maximum Gasteiger partial charge on any atom is 0.418 e. The van der Waals surface area contributed by atoms with Crippen LogP contribution in [0.4, 0.5) is 24.8 Å². The smallest absolute Gasteiger partial charge is 0.378 e. The molecule has 0 saturated carbocycles. The van der Waals surface area contributed by atoms with Crippen LogP contribution in [0.25, 0.3) is 0 Å². The molecule has 2 aromatic rings. The molecule has 0 unspecified atom stereocenters. The number of alkyl halides is 3. The van der Waals surface area contributed by atoms with E-state index in [1.54, 1.807) is 4.90 Å². The number of methoxy groups -OCH3 is 1. The van der Waals surface area contributed by atoms with Gasteiger partial charge in [0, 0.05) is 31.3 Å². The normalized spacial score (nSPS) is 14.5. The van der Waals surface area contributed by atoms with Crippen LogP contribution in [0.5, 0.6) is 0 Å². The lowest BCUT2D eigenvalue weighted by molar-refractivity contribution is -0.137. The predicted octanol–water partition coefficient (Wildman–Crippen LogP) is 2.54. The average molecular weight is 461 g/mol. The van der Waals surface area contributed by atoms with Crippen molar-refractivity contribution in [2.24, 2.45) is 0 Å². The van der Waals surface area contributed by atoms with Crippen LogP contribution in [-0.4, -0.2) is 48.9 Å². The van der Waals surface area contributed by atoms with Gasteiger partial charge in [0.15, 0.2) is 0 Å². The Labute approximate surface area is 180 Å². The molecule has 1 N–H and O–H groups in total. The summed E-state index contributed by atoms with van der Waals surface area (Å²) >= 11 is 5.66. The number of ether oxygens (including phenoxy) is 2. The third-order valence-corrected chi connectivity index (χ3v) is 4.73. The molecule has 168 valence electrons. The molecule has 2 heterocycles. The van der Waals surface area contributed by atoms with Crippen LogP contribution < -0.4 is 15.8 Å². The van der Waals surface area contributed by atoms with Gasteiger partial charge < -0.3 is 19.7 Å². The number of hydrogen-bond donors (Lipinski definition) is 1. The summed E-state index contributed by atoms with van der Waals surface area (Å²) in [7, 11) is 1.46. The van der Waals surface area contributed by atoms with Gasteiger partial charge in [-0.1, -0.05) is 11.6 Å². The molecule has 3 rings (SSSR count). The van der Waals surface area contributed by atoms with Gasteiger partial charge in [0.1, 0.15) is 6.54 Å². The van der Waals surface area contributed by atoms with E-state index in [4.69, 9.17) is 21.1 Å². The van der Waals surface area contributed by atoms with Crippen LogP contribution in [0, 0.1) is 0 Å². The first-order chi connectivity index (χ1) is 14.7. The van der Waals surface area contributed by atoms with E-state index in [9.17, 15) is 22.8 Å². The molecule has 0 radical (unpaired) electrons. The van der Waals surface area contributed by atoms with Crippen molar-refractivity contribution in [3.63, 3.8) is 0 Å². The van der Waals surface area contributed by atoms with Gasteiger partial charge in [-0.2, -0.15) is 13.2 Å². The molecule has 0 spiro atoms. The molecule has 1 fully saturated rings. The Bertz CT molecular complexity index is 1010. The minimum Gasteiger partial charge on any atom is -0.378 e. The van der Waals surface area contributed by atoms with Crippen molar-refractivity contribution in [2.75, 3.05) is 43.6 Å². The second-order valence-corrected chi connectivity index (χ2v) is 7.18. The number of anilines is 2. The number of benzene rings is 1. The lowest BCUT2D eigenvalue weighted by atomic mass is 10.1. The number of carbonyl (C=O) groups is 1. The van der Waals surface area contributed by atoms with Crippen molar-refractivity contribution < 1.29 is 27.4 Å².